The van der Waals surface area contributed by atoms with Crippen molar-refractivity contribution >= 4 is 58.5 Å². The predicted molar refractivity (Wildman–Crippen MR) is 380 cm³/mol. The average molecular weight is 1300 g/mol. The van der Waals surface area contributed by atoms with Crippen LogP contribution in [0.2, 0.25) is 0 Å². The first-order chi connectivity index (χ1) is 42.0. The Hall–Kier alpha value is 0.480. The third-order valence-corrected chi connectivity index (χ3v) is 18.8. The van der Waals surface area contributed by atoms with Gasteiger partial charge in [-0.05, 0) is 38.5 Å². The summed E-state index contributed by atoms with van der Waals surface area (Å²) in [6, 6.07) is 0. The first-order valence-corrected chi connectivity index (χ1v) is 41.2. The van der Waals surface area contributed by atoms with Crippen LogP contribution in [0.3, 0.4) is 0 Å². The molecule has 0 saturated carbocycles. The third kappa shape index (κ3) is 86.5. The van der Waals surface area contributed by atoms with E-state index in [1.54, 1.807) is 0 Å². The van der Waals surface area contributed by atoms with Gasteiger partial charge >= 0.3 is 37.7 Å². The summed E-state index contributed by atoms with van der Waals surface area (Å²) >= 11 is 0. The fraction of sp³-hybridized carbons (Fsp3) is 0.947. The van der Waals surface area contributed by atoms with Crippen molar-refractivity contribution < 1.29 is 34.3 Å². The summed E-state index contributed by atoms with van der Waals surface area (Å²) in [7, 11) is -9.25. The van der Waals surface area contributed by atoms with Crippen molar-refractivity contribution in [3.8, 4) is 0 Å². The zero-order valence-electron chi connectivity index (χ0n) is 58.9. The normalized spacial score (nSPS) is 12.8. The molecular weight excluding hydrogens is 1150 g/mol. The van der Waals surface area contributed by atoms with E-state index in [0.717, 1.165) is 38.5 Å². The van der Waals surface area contributed by atoms with E-state index in [1.807, 2.05) is 0 Å². The molecule has 11 heteroatoms. The smallest absolute Gasteiger partial charge is 0.726 e. The van der Waals surface area contributed by atoms with Gasteiger partial charge in [0.2, 0.25) is 20.8 Å². The average Bonchev–Trinajstić information content (AvgIpc) is 3.56. The Morgan fingerprint density at radius 2 is 0.402 bits per heavy atom. The molecule has 0 aliphatic heterocycles. The summed E-state index contributed by atoms with van der Waals surface area (Å²) < 4.78 is 75.1. The Labute approximate surface area is 576 Å². The molecule has 2 atom stereocenters. The Morgan fingerprint density at radius 3 is 0.563 bits per heavy atom. The molecule has 0 N–H and O–H groups in total. The monoisotopic (exact) mass is 1300 g/mol. The van der Waals surface area contributed by atoms with E-state index in [4.69, 9.17) is 0 Å². The van der Waals surface area contributed by atoms with E-state index in [1.165, 1.54) is 372 Å². The van der Waals surface area contributed by atoms with Gasteiger partial charge in [0.15, 0.2) is 0 Å². The molecule has 0 fully saturated rings. The maximum atomic E-state index is 11.0. The molecule has 0 heterocycles. The molecule has 0 aliphatic carbocycles. The van der Waals surface area contributed by atoms with E-state index >= 15 is 0 Å². The molecule has 0 radical (unpaired) electrons. The number of hydrogen-bond donors (Lipinski definition) is 0. The molecule has 0 amide bonds. The van der Waals surface area contributed by atoms with Gasteiger partial charge in [-0.1, -0.05) is 424 Å². The van der Waals surface area contributed by atoms with Gasteiger partial charge in [-0.2, -0.15) is 0 Å². The van der Waals surface area contributed by atoms with Gasteiger partial charge in [-0.15, -0.1) is 0 Å². The number of rotatable bonds is 72. The minimum absolute atomic E-state index is 0. The van der Waals surface area contributed by atoms with Crippen LogP contribution >= 0.6 is 0 Å². The van der Waals surface area contributed by atoms with Crippen LogP contribution in [0, 0.1) is 11.8 Å². The minimum atomic E-state index is -4.62. The summed E-state index contributed by atoms with van der Waals surface area (Å²) in [6.45, 7) is 9.08. The fourth-order valence-electron chi connectivity index (χ4n) is 12.2. The van der Waals surface area contributed by atoms with Gasteiger partial charge in [0.25, 0.3) is 0 Å². The number of hydrogen-bond acceptors (Lipinski definition) is 8. The Balaban J connectivity index is -0.00000160. The first kappa shape index (κ1) is 91.7. The van der Waals surface area contributed by atoms with Gasteiger partial charge < -0.3 is 9.11 Å². The number of allylic oxidation sites excluding steroid dienone is 2. The summed E-state index contributed by atoms with van der Waals surface area (Å²) in [4.78, 5) is 0. The van der Waals surface area contributed by atoms with Gasteiger partial charge in [0.05, 0.1) is 13.2 Å². The van der Waals surface area contributed by atoms with Crippen molar-refractivity contribution in [3.05, 3.63) is 24.3 Å². The van der Waals surface area contributed by atoms with Crippen molar-refractivity contribution in [2.75, 3.05) is 13.2 Å². The molecular formula is C76H150CaO8S2. The van der Waals surface area contributed by atoms with Crippen LogP contribution in [0.15, 0.2) is 24.3 Å². The van der Waals surface area contributed by atoms with E-state index < -0.39 is 20.8 Å². The van der Waals surface area contributed by atoms with Crippen LogP contribution in [-0.2, 0) is 29.2 Å². The first-order valence-electron chi connectivity index (χ1n) is 38.5. The van der Waals surface area contributed by atoms with E-state index in [9.17, 15) is 25.9 Å². The molecule has 0 rings (SSSR count). The second-order valence-corrected chi connectivity index (χ2v) is 28.8. The SMILES string of the molecule is CCCCCCCCCCCCCC/C=C/C(CCCCCCCCCCCCCCCCCCCC)COS(=O)(=O)[O-].CCCCCCCCCCCCCC/C=C/C(CCCCCCCCCCCCCCCCCCCC)COS(=O)(=O)[O-].[Ca+2]. The van der Waals surface area contributed by atoms with Crippen LogP contribution in [0.25, 0.3) is 0 Å². The third-order valence-electron chi connectivity index (χ3n) is 18.0. The summed E-state index contributed by atoms with van der Waals surface area (Å²) in [6.07, 6.45) is 93.5. The second-order valence-electron chi connectivity index (χ2n) is 26.7. The second kappa shape index (κ2) is 77.2. The maximum Gasteiger partial charge on any atom is 2.00 e. The topological polar surface area (TPSA) is 133 Å². The van der Waals surface area contributed by atoms with Crippen LogP contribution in [0.1, 0.15) is 439 Å². The van der Waals surface area contributed by atoms with E-state index in [0.29, 0.717) is 0 Å². The van der Waals surface area contributed by atoms with Gasteiger partial charge in [0.1, 0.15) is 0 Å². The minimum Gasteiger partial charge on any atom is -0.726 e. The molecule has 0 bridgehead atoms. The predicted octanol–water partition coefficient (Wildman–Crippen LogP) is 25.9. The van der Waals surface area contributed by atoms with Crippen LogP contribution in [-0.4, -0.2) is 76.9 Å². The zero-order valence-corrected chi connectivity index (χ0v) is 62.8. The molecule has 0 aromatic carbocycles. The van der Waals surface area contributed by atoms with Gasteiger partial charge in [0, 0.05) is 11.8 Å². The standard InChI is InChI=1S/2C38H76O4S.Ca/c2*1-3-5-7-9-11-13-15-17-19-20-21-22-24-26-28-30-32-34-36-38(37-42-43(39,40)41)35-33-31-29-27-25-23-18-16-14-12-10-8-6-4-2;/h2*33,35,38H,3-32,34,36-37H2,1-2H3,(H,39,40,41);/q;;+2/p-2/b2*35-33+;. The molecule has 87 heavy (non-hydrogen) atoms. The van der Waals surface area contributed by atoms with E-state index in [-0.39, 0.29) is 62.8 Å². The Kier molecular flexibility index (Phi) is 81.3. The molecule has 0 aromatic heterocycles. The molecule has 0 aromatic rings. The Bertz CT molecular complexity index is 1440. The van der Waals surface area contributed by atoms with Crippen molar-refractivity contribution in [2.45, 2.75) is 439 Å². The molecule has 2 unspecified atom stereocenters. The van der Waals surface area contributed by atoms with Crippen molar-refractivity contribution in [3.63, 3.8) is 0 Å². The van der Waals surface area contributed by atoms with E-state index in [2.05, 4.69) is 60.4 Å². The molecule has 516 valence electrons. The largest absolute Gasteiger partial charge is 2.00 e. The van der Waals surface area contributed by atoms with Crippen LogP contribution in [0.4, 0.5) is 0 Å². The molecule has 0 spiro atoms. The summed E-state index contributed by atoms with van der Waals surface area (Å²) in [5.41, 5.74) is 0. The van der Waals surface area contributed by atoms with Crippen molar-refractivity contribution in [1.29, 1.82) is 0 Å². The Morgan fingerprint density at radius 1 is 0.253 bits per heavy atom. The van der Waals surface area contributed by atoms with Crippen LogP contribution < -0.4 is 0 Å². The fourth-order valence-corrected chi connectivity index (χ4v) is 12.9. The molecule has 0 saturated heterocycles. The van der Waals surface area contributed by atoms with Gasteiger partial charge in [-0.25, -0.2) is 16.8 Å². The van der Waals surface area contributed by atoms with Crippen LogP contribution in [0.5, 0.6) is 0 Å². The molecule has 8 nitrogen and oxygen atoms in total. The maximum absolute atomic E-state index is 11.0. The quantitative estimate of drug-likeness (QED) is 0.0193. The summed E-state index contributed by atoms with van der Waals surface area (Å²) in [5.74, 6) is 0.0317. The molecule has 0 aliphatic rings. The van der Waals surface area contributed by atoms with Crippen molar-refractivity contribution in [2.24, 2.45) is 11.8 Å². The summed E-state index contributed by atoms with van der Waals surface area (Å²) in [5, 5.41) is 0. The zero-order chi connectivity index (χ0) is 63.1. The number of unbranched alkanes of at least 4 members (excludes halogenated alkanes) is 58. The van der Waals surface area contributed by atoms with Gasteiger partial charge in [-0.3, -0.25) is 8.37 Å². The van der Waals surface area contributed by atoms with Crippen molar-refractivity contribution in [1.82, 2.24) is 0 Å².